The first-order chi connectivity index (χ1) is 16.9. The fourth-order valence-corrected chi connectivity index (χ4v) is 4.25. The highest BCUT2D eigenvalue weighted by atomic mass is 16.5. The van der Waals surface area contributed by atoms with Crippen LogP contribution in [0.25, 0.3) is 22.2 Å². The molecular weight excluding hydrogens is 440 g/mol. The maximum absolute atomic E-state index is 13.3. The molecule has 0 saturated carbocycles. The van der Waals surface area contributed by atoms with Gasteiger partial charge in [0, 0.05) is 16.5 Å². The molecular formula is C29H30N2O4. The van der Waals surface area contributed by atoms with Crippen molar-refractivity contribution in [3.05, 3.63) is 100 Å². The van der Waals surface area contributed by atoms with Gasteiger partial charge in [0.25, 0.3) is 0 Å². The van der Waals surface area contributed by atoms with Crippen molar-refractivity contribution >= 4 is 10.9 Å². The van der Waals surface area contributed by atoms with Crippen molar-refractivity contribution in [3.63, 3.8) is 0 Å². The number of phenolic OH excluding ortho intramolecular Hbond substituents is 1. The van der Waals surface area contributed by atoms with E-state index in [1.165, 1.54) is 5.56 Å². The molecule has 0 atom stereocenters. The molecule has 0 radical (unpaired) electrons. The van der Waals surface area contributed by atoms with Gasteiger partial charge in [-0.05, 0) is 47.7 Å². The van der Waals surface area contributed by atoms with Crippen LogP contribution in [0.4, 0.5) is 0 Å². The number of benzene rings is 3. The van der Waals surface area contributed by atoms with E-state index in [4.69, 9.17) is 9.84 Å². The Balaban J connectivity index is 1.90. The fourth-order valence-electron chi connectivity index (χ4n) is 4.25. The van der Waals surface area contributed by atoms with Crippen LogP contribution in [0, 0.1) is 0 Å². The molecule has 35 heavy (non-hydrogen) atoms. The number of fused-ring (bicyclic) bond motifs is 1. The molecule has 6 heteroatoms. The van der Waals surface area contributed by atoms with Gasteiger partial charge in [0.2, 0.25) is 0 Å². The minimum absolute atomic E-state index is 0.0760. The highest BCUT2D eigenvalue weighted by molar-refractivity contribution is 5.96. The quantitative estimate of drug-likeness (QED) is 0.335. The molecule has 0 aliphatic heterocycles. The lowest BCUT2D eigenvalue weighted by Crippen LogP contribution is -2.25. The number of nitrogens with zero attached hydrogens (tertiary/aromatic N) is 2. The first kappa shape index (κ1) is 24.2. The van der Waals surface area contributed by atoms with Crippen LogP contribution in [-0.4, -0.2) is 33.0 Å². The van der Waals surface area contributed by atoms with Gasteiger partial charge in [-0.1, -0.05) is 56.3 Å². The van der Waals surface area contributed by atoms with Crippen molar-refractivity contribution in [1.29, 1.82) is 0 Å². The predicted molar refractivity (Wildman–Crippen MR) is 139 cm³/mol. The average Bonchev–Trinajstić information content (AvgIpc) is 2.86. The molecule has 6 nitrogen and oxygen atoms in total. The second kappa shape index (κ2) is 10.6. The summed E-state index contributed by atoms with van der Waals surface area (Å²) >= 11 is 0. The van der Waals surface area contributed by atoms with E-state index >= 15 is 0 Å². The highest BCUT2D eigenvalue weighted by Gasteiger charge is 2.18. The Morgan fingerprint density at radius 2 is 1.89 bits per heavy atom. The standard InChI is InChI=1S/C29H30N2O4/c1-4-6-24-26(33)14-13-25-27(24)28(22-11-9-21(10-12-22)19(2)3)30-29(34)31(25)18-20-7-5-8-23(17-20)35-16-15-32/h4-5,7-14,17,19,32-33H,1,6,15-16,18H2,2-3H3. The number of aliphatic hydroxyl groups is 1. The van der Waals surface area contributed by atoms with E-state index in [1.807, 2.05) is 48.5 Å². The normalized spacial score (nSPS) is 11.2. The molecule has 1 aromatic heterocycles. The third-order valence-corrected chi connectivity index (χ3v) is 6.03. The van der Waals surface area contributed by atoms with Crippen LogP contribution in [-0.2, 0) is 13.0 Å². The Bertz CT molecular complexity index is 1410. The van der Waals surface area contributed by atoms with Crippen LogP contribution >= 0.6 is 0 Å². The number of allylic oxidation sites excluding steroid dienone is 1. The van der Waals surface area contributed by atoms with Crippen LogP contribution in [0.2, 0.25) is 0 Å². The lowest BCUT2D eigenvalue weighted by atomic mass is 9.96. The van der Waals surface area contributed by atoms with E-state index in [0.717, 1.165) is 16.5 Å². The minimum atomic E-state index is -0.377. The molecule has 1 heterocycles. The summed E-state index contributed by atoms with van der Waals surface area (Å²) in [6.07, 6.45) is 2.17. The smallest absolute Gasteiger partial charge is 0.348 e. The summed E-state index contributed by atoms with van der Waals surface area (Å²) in [5, 5.41) is 20.5. The summed E-state index contributed by atoms with van der Waals surface area (Å²) in [4.78, 5) is 17.8. The van der Waals surface area contributed by atoms with Gasteiger partial charge >= 0.3 is 5.69 Å². The molecule has 0 fully saturated rings. The molecule has 0 bridgehead atoms. The van der Waals surface area contributed by atoms with Crippen LogP contribution in [0.1, 0.15) is 36.5 Å². The Hall–Kier alpha value is -3.90. The van der Waals surface area contributed by atoms with Crippen molar-refractivity contribution in [2.45, 2.75) is 32.7 Å². The molecule has 0 unspecified atom stereocenters. The lowest BCUT2D eigenvalue weighted by molar-refractivity contribution is 0.201. The number of aromatic nitrogens is 2. The Morgan fingerprint density at radius 3 is 2.57 bits per heavy atom. The first-order valence-electron chi connectivity index (χ1n) is 11.7. The maximum atomic E-state index is 13.3. The van der Waals surface area contributed by atoms with Crippen LogP contribution in [0.15, 0.2) is 78.1 Å². The number of phenols is 1. The Kier molecular flexibility index (Phi) is 7.32. The third-order valence-electron chi connectivity index (χ3n) is 6.03. The molecule has 0 amide bonds. The predicted octanol–water partition coefficient (Wildman–Crippen LogP) is 5.04. The Labute approximate surface area is 204 Å². The van der Waals surface area contributed by atoms with Gasteiger partial charge < -0.3 is 14.9 Å². The third kappa shape index (κ3) is 5.12. The monoisotopic (exact) mass is 470 g/mol. The zero-order valence-electron chi connectivity index (χ0n) is 20.1. The number of hydrogen-bond donors (Lipinski definition) is 2. The Morgan fingerprint density at radius 1 is 1.11 bits per heavy atom. The van der Waals surface area contributed by atoms with E-state index in [1.54, 1.807) is 22.8 Å². The molecule has 3 aromatic carbocycles. The van der Waals surface area contributed by atoms with Crippen molar-refractivity contribution < 1.29 is 14.9 Å². The van der Waals surface area contributed by atoms with Gasteiger partial charge in [-0.3, -0.25) is 4.57 Å². The van der Waals surface area contributed by atoms with Crippen molar-refractivity contribution in [2.75, 3.05) is 13.2 Å². The molecule has 0 spiro atoms. The topological polar surface area (TPSA) is 84.6 Å². The summed E-state index contributed by atoms with van der Waals surface area (Å²) in [6.45, 7) is 8.52. The van der Waals surface area contributed by atoms with Crippen LogP contribution in [0.3, 0.4) is 0 Å². The van der Waals surface area contributed by atoms with E-state index in [9.17, 15) is 9.90 Å². The number of aliphatic hydroxyl groups excluding tert-OH is 1. The van der Waals surface area contributed by atoms with Crippen LogP contribution in [0.5, 0.6) is 11.5 Å². The fraction of sp³-hybridized carbons (Fsp3) is 0.241. The van der Waals surface area contributed by atoms with E-state index in [2.05, 4.69) is 25.4 Å². The molecule has 4 aromatic rings. The van der Waals surface area contributed by atoms with E-state index < -0.39 is 0 Å². The van der Waals surface area contributed by atoms with Gasteiger partial charge in [0.1, 0.15) is 18.1 Å². The van der Waals surface area contributed by atoms with Crippen molar-refractivity contribution in [2.24, 2.45) is 0 Å². The second-order valence-electron chi connectivity index (χ2n) is 8.78. The summed E-state index contributed by atoms with van der Waals surface area (Å²) in [5.74, 6) is 1.15. The van der Waals surface area contributed by atoms with E-state index in [0.29, 0.717) is 34.9 Å². The zero-order chi connectivity index (χ0) is 24.9. The zero-order valence-corrected chi connectivity index (χ0v) is 20.1. The average molecular weight is 471 g/mol. The van der Waals surface area contributed by atoms with Gasteiger partial charge in [-0.15, -0.1) is 6.58 Å². The van der Waals surface area contributed by atoms with Crippen molar-refractivity contribution in [3.8, 4) is 22.8 Å². The van der Waals surface area contributed by atoms with Gasteiger partial charge in [-0.25, -0.2) is 4.79 Å². The summed E-state index contributed by atoms with van der Waals surface area (Å²) in [7, 11) is 0. The molecule has 0 saturated heterocycles. The van der Waals surface area contributed by atoms with Gasteiger partial charge in [0.05, 0.1) is 24.4 Å². The number of rotatable bonds is 9. The summed E-state index contributed by atoms with van der Waals surface area (Å²) in [6, 6.07) is 18.8. The molecule has 0 aliphatic carbocycles. The molecule has 0 aliphatic rings. The maximum Gasteiger partial charge on any atom is 0.348 e. The number of ether oxygens (including phenoxy) is 1. The van der Waals surface area contributed by atoms with Crippen LogP contribution < -0.4 is 10.4 Å². The largest absolute Gasteiger partial charge is 0.508 e. The van der Waals surface area contributed by atoms with Gasteiger partial charge in [-0.2, -0.15) is 4.98 Å². The number of hydrogen-bond acceptors (Lipinski definition) is 5. The molecule has 4 rings (SSSR count). The summed E-state index contributed by atoms with van der Waals surface area (Å²) < 4.78 is 7.13. The summed E-state index contributed by atoms with van der Waals surface area (Å²) in [5.41, 5.74) is 4.41. The van der Waals surface area contributed by atoms with Crippen molar-refractivity contribution in [1.82, 2.24) is 9.55 Å². The first-order valence-corrected chi connectivity index (χ1v) is 11.7. The second-order valence-corrected chi connectivity index (χ2v) is 8.78. The van der Waals surface area contributed by atoms with E-state index in [-0.39, 0.29) is 31.2 Å². The minimum Gasteiger partial charge on any atom is -0.508 e. The molecule has 180 valence electrons. The molecule has 2 N–H and O–H groups in total. The highest BCUT2D eigenvalue weighted by Crippen LogP contribution is 2.34. The SMILES string of the molecule is C=CCc1c(O)ccc2c1c(-c1ccc(C(C)C)cc1)nc(=O)n2Cc1cccc(OCCO)c1. The lowest BCUT2D eigenvalue weighted by Gasteiger charge is -2.17. The van der Waals surface area contributed by atoms with Gasteiger partial charge in [0.15, 0.2) is 0 Å². The number of aromatic hydroxyl groups is 1.